The molecule has 7 nitrogen and oxygen atoms in total. The molecule has 154 valence electrons. The molecule has 2 aromatic heterocycles. The van der Waals surface area contributed by atoms with Crippen LogP contribution in [0.2, 0.25) is 0 Å². The maximum atomic E-state index is 14.6. The highest BCUT2D eigenvalue weighted by molar-refractivity contribution is 5.33. The maximum absolute atomic E-state index is 14.6. The van der Waals surface area contributed by atoms with Gasteiger partial charge in [-0.15, -0.1) is 5.10 Å². The van der Waals surface area contributed by atoms with E-state index in [1.54, 1.807) is 13.0 Å². The molecule has 0 aliphatic rings. The first-order valence-electron chi connectivity index (χ1n) is 9.05. The summed E-state index contributed by atoms with van der Waals surface area (Å²) in [5, 5.41) is 23.6. The molecule has 0 amide bonds. The van der Waals surface area contributed by atoms with Crippen molar-refractivity contribution in [2.45, 2.75) is 25.0 Å². The number of halogens is 3. The van der Waals surface area contributed by atoms with Crippen molar-refractivity contribution in [1.82, 2.24) is 29.8 Å². The summed E-state index contributed by atoms with van der Waals surface area (Å²) in [6.07, 6.45) is 4.18. The van der Waals surface area contributed by atoms with Crippen LogP contribution in [0.4, 0.5) is 13.2 Å². The molecular weight excluding hydrogens is 397 g/mol. The van der Waals surface area contributed by atoms with E-state index in [0.29, 0.717) is 17.4 Å². The second-order valence-electron chi connectivity index (χ2n) is 6.93. The number of rotatable bonds is 6. The summed E-state index contributed by atoms with van der Waals surface area (Å²) < 4.78 is 44.3. The molecule has 4 aromatic rings. The van der Waals surface area contributed by atoms with Crippen molar-refractivity contribution in [2.75, 3.05) is 0 Å². The number of aliphatic hydroxyl groups is 1. The molecule has 4 rings (SSSR count). The van der Waals surface area contributed by atoms with E-state index in [1.165, 1.54) is 52.5 Å². The quantitative estimate of drug-likeness (QED) is 0.525. The van der Waals surface area contributed by atoms with Gasteiger partial charge < -0.3 is 5.11 Å². The Morgan fingerprint density at radius 1 is 1.10 bits per heavy atom. The minimum Gasteiger partial charge on any atom is -0.382 e. The molecule has 2 heterocycles. The third-order valence-corrected chi connectivity index (χ3v) is 5.01. The largest absolute Gasteiger partial charge is 0.382 e. The van der Waals surface area contributed by atoms with Crippen LogP contribution in [0.25, 0.3) is 5.69 Å². The van der Waals surface area contributed by atoms with E-state index in [4.69, 9.17) is 0 Å². The topological polar surface area (TPSA) is 81.6 Å². The molecule has 0 spiro atoms. The van der Waals surface area contributed by atoms with Crippen LogP contribution in [0.15, 0.2) is 61.3 Å². The number of benzene rings is 2. The van der Waals surface area contributed by atoms with Crippen molar-refractivity contribution >= 4 is 0 Å². The molecule has 1 N–H and O–H groups in total. The molecule has 0 radical (unpaired) electrons. The summed E-state index contributed by atoms with van der Waals surface area (Å²) in [5.74, 6) is -2.89. The van der Waals surface area contributed by atoms with Gasteiger partial charge in [0.1, 0.15) is 35.7 Å². The van der Waals surface area contributed by atoms with Gasteiger partial charge in [-0.05, 0) is 24.3 Å². The summed E-state index contributed by atoms with van der Waals surface area (Å²) in [4.78, 5) is 3.84. The summed E-state index contributed by atoms with van der Waals surface area (Å²) in [7, 11) is 0. The van der Waals surface area contributed by atoms with E-state index in [2.05, 4.69) is 20.4 Å². The Bertz CT molecular complexity index is 1160. The van der Waals surface area contributed by atoms with E-state index in [1.807, 2.05) is 0 Å². The average molecular weight is 414 g/mol. The second kappa shape index (κ2) is 7.71. The predicted octanol–water partition coefficient (Wildman–Crippen LogP) is 2.97. The van der Waals surface area contributed by atoms with E-state index >= 15 is 0 Å². The maximum Gasteiger partial charge on any atom is 0.137 e. The average Bonchev–Trinajstić information content (AvgIpc) is 3.39. The van der Waals surface area contributed by atoms with Gasteiger partial charge in [-0.1, -0.05) is 24.3 Å². The van der Waals surface area contributed by atoms with Gasteiger partial charge >= 0.3 is 0 Å². The second-order valence-corrected chi connectivity index (χ2v) is 6.93. The zero-order chi connectivity index (χ0) is 21.3. The number of aromatic nitrogens is 6. The molecular formula is C20H17F3N6O. The third kappa shape index (κ3) is 3.69. The Morgan fingerprint density at radius 3 is 2.60 bits per heavy atom. The fourth-order valence-corrected chi connectivity index (χ4v) is 3.32. The van der Waals surface area contributed by atoms with E-state index in [9.17, 15) is 18.3 Å². The van der Waals surface area contributed by atoms with Crippen molar-refractivity contribution < 1.29 is 18.3 Å². The first kappa shape index (κ1) is 19.8. The lowest BCUT2D eigenvalue weighted by Gasteiger charge is -2.33. The van der Waals surface area contributed by atoms with Crippen LogP contribution < -0.4 is 0 Å². The highest BCUT2D eigenvalue weighted by Crippen LogP contribution is 2.39. The van der Waals surface area contributed by atoms with Gasteiger partial charge in [0.05, 0.1) is 24.1 Å². The van der Waals surface area contributed by atoms with Crippen LogP contribution in [0, 0.1) is 17.5 Å². The Kier molecular flexibility index (Phi) is 5.08. The van der Waals surface area contributed by atoms with Crippen LogP contribution in [0.3, 0.4) is 0 Å². The minimum absolute atomic E-state index is 0.118. The molecule has 2 aromatic carbocycles. The molecule has 30 heavy (non-hydrogen) atoms. The van der Waals surface area contributed by atoms with E-state index < -0.39 is 29.0 Å². The van der Waals surface area contributed by atoms with Crippen LogP contribution in [0.1, 0.15) is 24.1 Å². The summed E-state index contributed by atoms with van der Waals surface area (Å²) in [5.41, 5.74) is -1.21. The molecule has 10 heteroatoms. The first-order chi connectivity index (χ1) is 14.4. The van der Waals surface area contributed by atoms with Gasteiger partial charge in [-0.25, -0.2) is 27.5 Å². The predicted molar refractivity (Wildman–Crippen MR) is 100 cm³/mol. The highest BCUT2D eigenvalue weighted by Gasteiger charge is 2.41. The Morgan fingerprint density at radius 2 is 1.90 bits per heavy atom. The highest BCUT2D eigenvalue weighted by atomic mass is 19.1. The lowest BCUT2D eigenvalue weighted by molar-refractivity contribution is -0.0123. The molecule has 0 aliphatic carbocycles. The van der Waals surface area contributed by atoms with Gasteiger partial charge in [0.2, 0.25) is 0 Å². The monoisotopic (exact) mass is 414 g/mol. The molecule has 0 saturated heterocycles. The fraction of sp³-hybridized carbons (Fsp3) is 0.200. The third-order valence-electron chi connectivity index (χ3n) is 5.01. The molecule has 0 fully saturated rings. The minimum atomic E-state index is -1.85. The number of nitrogens with zero attached hydrogens (tertiary/aromatic N) is 6. The van der Waals surface area contributed by atoms with Gasteiger partial charge in [0.15, 0.2) is 0 Å². The van der Waals surface area contributed by atoms with Gasteiger partial charge in [0.25, 0.3) is 0 Å². The van der Waals surface area contributed by atoms with Crippen molar-refractivity contribution in [2.24, 2.45) is 0 Å². The summed E-state index contributed by atoms with van der Waals surface area (Å²) in [6, 6.07) is 8.73. The van der Waals surface area contributed by atoms with Gasteiger partial charge in [0, 0.05) is 17.5 Å². The Hall–Kier alpha value is -3.53. The SMILES string of the molecule is C[C@@H](c1cn(-c2cccc(F)c2)nn1)[C@](O)(Cn1cncn1)c1ccc(F)cc1F. The number of hydrogen-bond donors (Lipinski definition) is 1. The normalized spacial score (nSPS) is 14.4. The Balaban J connectivity index is 1.75. The zero-order valence-electron chi connectivity index (χ0n) is 15.8. The van der Waals surface area contributed by atoms with Crippen molar-refractivity contribution in [3.8, 4) is 5.69 Å². The molecule has 0 bridgehead atoms. The zero-order valence-corrected chi connectivity index (χ0v) is 15.8. The lowest BCUT2D eigenvalue weighted by atomic mass is 9.80. The molecule has 0 saturated carbocycles. The summed E-state index contributed by atoms with van der Waals surface area (Å²) in [6.45, 7) is 1.48. The summed E-state index contributed by atoms with van der Waals surface area (Å²) >= 11 is 0. The van der Waals surface area contributed by atoms with Crippen LogP contribution >= 0.6 is 0 Å². The standard InChI is InChI=1S/C20H17F3N6O/c1-13(19-9-29(27-26-19)16-4-2-3-14(21)7-16)20(30,10-28-12-24-11-25-28)17-6-5-15(22)8-18(17)23/h2-9,11-13,30H,10H2,1H3/t13-,20+/m0/s1. The van der Waals surface area contributed by atoms with E-state index in [-0.39, 0.29) is 12.1 Å². The van der Waals surface area contributed by atoms with Crippen molar-refractivity contribution in [3.63, 3.8) is 0 Å². The smallest absolute Gasteiger partial charge is 0.137 e. The van der Waals surface area contributed by atoms with Crippen LogP contribution in [-0.4, -0.2) is 34.9 Å². The van der Waals surface area contributed by atoms with Crippen LogP contribution in [0.5, 0.6) is 0 Å². The number of hydrogen-bond acceptors (Lipinski definition) is 5. The molecule has 2 atom stereocenters. The van der Waals surface area contributed by atoms with Crippen molar-refractivity contribution in [1.29, 1.82) is 0 Å². The molecule has 0 aliphatic heterocycles. The molecule has 0 unspecified atom stereocenters. The van der Waals surface area contributed by atoms with E-state index in [0.717, 1.165) is 6.07 Å². The first-order valence-corrected chi connectivity index (χ1v) is 9.05. The van der Waals surface area contributed by atoms with Crippen LogP contribution in [-0.2, 0) is 12.1 Å². The van der Waals surface area contributed by atoms with Crippen molar-refractivity contribution in [3.05, 3.63) is 90.0 Å². The fourth-order valence-electron chi connectivity index (χ4n) is 3.32. The van der Waals surface area contributed by atoms with Gasteiger partial charge in [-0.2, -0.15) is 5.10 Å². The lowest BCUT2D eigenvalue weighted by Crippen LogP contribution is -2.38. The Labute approximate surface area is 169 Å². The van der Waals surface area contributed by atoms with Gasteiger partial charge in [-0.3, -0.25) is 0 Å².